The van der Waals surface area contributed by atoms with Gasteiger partial charge in [-0.2, -0.15) is 0 Å². The monoisotopic (exact) mass is 383 g/mol. The van der Waals surface area contributed by atoms with Crippen molar-refractivity contribution in [1.29, 1.82) is 0 Å². The number of rotatable bonds is 5. The predicted octanol–water partition coefficient (Wildman–Crippen LogP) is 3.24. The Morgan fingerprint density at radius 2 is 1.76 bits per heavy atom. The Morgan fingerprint density at radius 3 is 2.44 bits per heavy atom. The standard InChI is InChI=1S/C17H16Cl2FN3O2/c1-10(12-7-15(20)14(19)8-13(12)18)21-9-16(24)22-23-17(25)11-5-3-2-4-6-11/h2-8,10,21H,9H2,1H3,(H,22,24)(H,23,25)/t10-/m1/s1. The second-order valence-electron chi connectivity index (χ2n) is 5.26. The van der Waals surface area contributed by atoms with Crippen molar-refractivity contribution in [3.8, 4) is 0 Å². The lowest BCUT2D eigenvalue weighted by atomic mass is 10.1. The summed E-state index contributed by atoms with van der Waals surface area (Å²) in [5, 5.41) is 3.12. The Balaban J connectivity index is 1.83. The highest BCUT2D eigenvalue weighted by molar-refractivity contribution is 6.35. The Labute approximate surface area is 154 Å². The van der Waals surface area contributed by atoms with Crippen LogP contribution in [0.3, 0.4) is 0 Å². The Morgan fingerprint density at radius 1 is 1.08 bits per heavy atom. The lowest BCUT2D eigenvalue weighted by molar-refractivity contribution is -0.121. The average molecular weight is 384 g/mol. The average Bonchev–Trinajstić information content (AvgIpc) is 2.61. The summed E-state index contributed by atoms with van der Waals surface area (Å²) < 4.78 is 13.5. The van der Waals surface area contributed by atoms with E-state index in [0.717, 1.165) is 0 Å². The van der Waals surface area contributed by atoms with E-state index in [0.29, 0.717) is 16.1 Å². The molecule has 0 aliphatic rings. The van der Waals surface area contributed by atoms with Crippen LogP contribution >= 0.6 is 23.2 Å². The van der Waals surface area contributed by atoms with Crippen molar-refractivity contribution in [2.24, 2.45) is 0 Å². The second-order valence-corrected chi connectivity index (χ2v) is 6.07. The molecule has 0 saturated heterocycles. The molecule has 0 aliphatic carbocycles. The molecule has 0 bridgehead atoms. The van der Waals surface area contributed by atoms with Crippen molar-refractivity contribution < 1.29 is 14.0 Å². The molecule has 5 nitrogen and oxygen atoms in total. The van der Waals surface area contributed by atoms with Crippen molar-refractivity contribution in [2.75, 3.05) is 6.54 Å². The smallest absolute Gasteiger partial charge is 0.269 e. The molecule has 1 atom stereocenters. The molecule has 2 aromatic carbocycles. The molecule has 0 aliphatic heterocycles. The van der Waals surface area contributed by atoms with Gasteiger partial charge in [-0.3, -0.25) is 20.4 Å². The Kier molecular flexibility index (Phi) is 6.75. The van der Waals surface area contributed by atoms with E-state index in [9.17, 15) is 14.0 Å². The van der Waals surface area contributed by atoms with Gasteiger partial charge in [-0.05, 0) is 36.8 Å². The highest BCUT2D eigenvalue weighted by Gasteiger charge is 2.14. The number of hydrogen-bond acceptors (Lipinski definition) is 3. The van der Waals surface area contributed by atoms with Crippen LogP contribution in [-0.2, 0) is 4.79 Å². The summed E-state index contributed by atoms with van der Waals surface area (Å²) in [6.07, 6.45) is 0. The maximum absolute atomic E-state index is 13.5. The highest BCUT2D eigenvalue weighted by atomic mass is 35.5. The minimum atomic E-state index is -0.589. The van der Waals surface area contributed by atoms with Gasteiger partial charge in [-0.25, -0.2) is 4.39 Å². The van der Waals surface area contributed by atoms with Gasteiger partial charge in [0.05, 0.1) is 11.6 Å². The third-order valence-electron chi connectivity index (χ3n) is 3.43. The number of hydrazine groups is 1. The first-order valence-electron chi connectivity index (χ1n) is 7.40. The second kappa shape index (κ2) is 8.80. The number of carbonyl (C=O) groups is 2. The first-order valence-corrected chi connectivity index (χ1v) is 8.16. The van der Waals surface area contributed by atoms with Crippen LogP contribution in [0.15, 0.2) is 42.5 Å². The van der Waals surface area contributed by atoms with E-state index in [1.54, 1.807) is 37.3 Å². The van der Waals surface area contributed by atoms with E-state index < -0.39 is 23.7 Å². The van der Waals surface area contributed by atoms with Crippen LogP contribution in [0.4, 0.5) is 4.39 Å². The van der Waals surface area contributed by atoms with Crippen molar-refractivity contribution >= 4 is 35.0 Å². The topological polar surface area (TPSA) is 70.2 Å². The van der Waals surface area contributed by atoms with E-state index in [-0.39, 0.29) is 11.6 Å². The van der Waals surface area contributed by atoms with Crippen LogP contribution in [0.5, 0.6) is 0 Å². The van der Waals surface area contributed by atoms with E-state index in [4.69, 9.17) is 23.2 Å². The van der Waals surface area contributed by atoms with Crippen molar-refractivity contribution in [2.45, 2.75) is 13.0 Å². The third kappa shape index (κ3) is 5.42. The zero-order valence-corrected chi connectivity index (χ0v) is 14.8. The summed E-state index contributed by atoms with van der Waals surface area (Å²) in [7, 11) is 0. The lowest BCUT2D eigenvalue weighted by Gasteiger charge is -2.16. The van der Waals surface area contributed by atoms with E-state index in [2.05, 4.69) is 16.2 Å². The van der Waals surface area contributed by atoms with Crippen molar-refractivity contribution in [3.05, 3.63) is 69.5 Å². The summed E-state index contributed by atoms with van der Waals surface area (Å²) in [4.78, 5) is 23.6. The molecule has 25 heavy (non-hydrogen) atoms. The summed E-state index contributed by atoms with van der Waals surface area (Å²) in [6.45, 7) is 1.63. The molecule has 2 amide bonds. The molecule has 0 fully saturated rings. The van der Waals surface area contributed by atoms with Gasteiger partial charge in [0.1, 0.15) is 5.82 Å². The van der Waals surface area contributed by atoms with Crippen LogP contribution in [0.1, 0.15) is 28.9 Å². The Bertz CT molecular complexity index is 772. The van der Waals surface area contributed by atoms with Crippen LogP contribution in [0.2, 0.25) is 10.0 Å². The van der Waals surface area contributed by atoms with E-state index >= 15 is 0 Å². The van der Waals surface area contributed by atoms with Gasteiger partial charge in [0.25, 0.3) is 11.8 Å². The van der Waals surface area contributed by atoms with Gasteiger partial charge in [-0.15, -0.1) is 0 Å². The number of carbonyl (C=O) groups excluding carboxylic acids is 2. The molecule has 0 unspecified atom stereocenters. The quantitative estimate of drug-likeness (QED) is 0.548. The van der Waals surface area contributed by atoms with Gasteiger partial charge < -0.3 is 5.32 Å². The summed E-state index contributed by atoms with van der Waals surface area (Å²) in [5.41, 5.74) is 5.50. The molecule has 3 N–H and O–H groups in total. The van der Waals surface area contributed by atoms with Gasteiger partial charge in [0.2, 0.25) is 0 Å². The molecule has 2 rings (SSSR count). The van der Waals surface area contributed by atoms with E-state index in [1.165, 1.54) is 12.1 Å². The van der Waals surface area contributed by atoms with E-state index in [1.807, 2.05) is 0 Å². The molecule has 2 aromatic rings. The Hall–Kier alpha value is -2.15. The number of nitrogens with one attached hydrogen (secondary N) is 3. The van der Waals surface area contributed by atoms with Crippen LogP contribution in [-0.4, -0.2) is 18.4 Å². The molecule has 0 saturated carbocycles. The van der Waals surface area contributed by atoms with Gasteiger partial charge in [0.15, 0.2) is 0 Å². The summed E-state index contributed by atoms with van der Waals surface area (Å²) >= 11 is 11.7. The molecule has 132 valence electrons. The van der Waals surface area contributed by atoms with Gasteiger partial charge in [0, 0.05) is 16.6 Å². The summed E-state index contributed by atoms with van der Waals surface area (Å²) in [5.74, 6) is -1.47. The molecular formula is C17H16Cl2FN3O2. The number of halogens is 3. The molecule has 8 heteroatoms. The first-order chi connectivity index (χ1) is 11.9. The van der Waals surface area contributed by atoms with Crippen LogP contribution in [0.25, 0.3) is 0 Å². The molecule has 0 aromatic heterocycles. The van der Waals surface area contributed by atoms with Gasteiger partial charge >= 0.3 is 0 Å². The van der Waals surface area contributed by atoms with Crippen LogP contribution < -0.4 is 16.2 Å². The fraction of sp³-hybridized carbons (Fsp3) is 0.176. The molecule has 0 heterocycles. The minimum Gasteiger partial charge on any atom is -0.302 e. The highest BCUT2D eigenvalue weighted by Crippen LogP contribution is 2.28. The molecular weight excluding hydrogens is 368 g/mol. The maximum Gasteiger partial charge on any atom is 0.269 e. The lowest BCUT2D eigenvalue weighted by Crippen LogP contribution is -2.45. The number of benzene rings is 2. The fourth-order valence-electron chi connectivity index (χ4n) is 2.06. The predicted molar refractivity (Wildman–Crippen MR) is 94.9 cm³/mol. The third-order valence-corrected chi connectivity index (χ3v) is 4.04. The van der Waals surface area contributed by atoms with Crippen LogP contribution in [0, 0.1) is 5.82 Å². The minimum absolute atomic E-state index is 0.0673. The number of amides is 2. The SMILES string of the molecule is C[C@@H](NCC(=O)NNC(=O)c1ccccc1)c1cc(F)c(Cl)cc1Cl. The summed E-state index contributed by atoms with van der Waals surface area (Å²) in [6, 6.07) is 10.6. The molecule has 0 spiro atoms. The van der Waals surface area contributed by atoms with Crippen molar-refractivity contribution in [3.63, 3.8) is 0 Å². The zero-order chi connectivity index (χ0) is 18.4. The van der Waals surface area contributed by atoms with Gasteiger partial charge in [-0.1, -0.05) is 41.4 Å². The maximum atomic E-state index is 13.5. The van der Waals surface area contributed by atoms with Crippen molar-refractivity contribution in [1.82, 2.24) is 16.2 Å². The fourth-order valence-corrected chi connectivity index (χ4v) is 2.60. The normalized spacial score (nSPS) is 11.7. The molecule has 0 radical (unpaired) electrons. The zero-order valence-electron chi connectivity index (χ0n) is 13.3. The first kappa shape index (κ1) is 19.2. The number of hydrogen-bond donors (Lipinski definition) is 3. The largest absolute Gasteiger partial charge is 0.302 e.